The van der Waals surface area contributed by atoms with Crippen LogP contribution in [0.2, 0.25) is 0 Å². The van der Waals surface area contributed by atoms with E-state index in [9.17, 15) is 5.11 Å². The molecular weight excluding hydrogens is 250 g/mol. The standard InChI is InChI=1S/C16H21N3O/c17-13-7-8-15(16-12(13)5-3-9-18-16)19-14-6-2-1-4-11(14)10-20/h3,5,7-9,11,14,19-20H,1-2,4,6,10,17H2. The molecule has 0 radical (unpaired) electrons. The Labute approximate surface area is 119 Å². The number of anilines is 2. The molecule has 2 unspecified atom stereocenters. The number of hydrogen-bond donors (Lipinski definition) is 3. The van der Waals surface area contributed by atoms with Crippen LogP contribution in [0.25, 0.3) is 10.9 Å². The number of benzene rings is 1. The summed E-state index contributed by atoms with van der Waals surface area (Å²) in [6.45, 7) is 0.248. The van der Waals surface area contributed by atoms with Crippen molar-refractivity contribution >= 4 is 22.3 Å². The molecule has 2 atom stereocenters. The predicted octanol–water partition coefficient (Wildman–Crippen LogP) is 2.78. The second-order valence-corrected chi connectivity index (χ2v) is 5.58. The molecule has 3 rings (SSSR count). The van der Waals surface area contributed by atoms with Gasteiger partial charge in [-0.25, -0.2) is 0 Å². The maximum Gasteiger partial charge on any atom is 0.0953 e. The molecule has 0 saturated heterocycles. The Hall–Kier alpha value is -1.81. The number of fused-ring (bicyclic) bond motifs is 1. The number of nitrogens with zero attached hydrogens (tertiary/aromatic N) is 1. The molecule has 4 N–H and O–H groups in total. The lowest BCUT2D eigenvalue weighted by atomic mass is 9.85. The summed E-state index contributed by atoms with van der Waals surface area (Å²) >= 11 is 0. The van der Waals surface area contributed by atoms with Crippen LogP contribution in [0.15, 0.2) is 30.5 Å². The molecule has 20 heavy (non-hydrogen) atoms. The van der Waals surface area contributed by atoms with Gasteiger partial charge in [0.15, 0.2) is 0 Å². The monoisotopic (exact) mass is 271 g/mol. The minimum Gasteiger partial charge on any atom is -0.398 e. The number of aliphatic hydroxyl groups excluding tert-OH is 1. The fourth-order valence-electron chi connectivity index (χ4n) is 3.13. The number of aromatic nitrogens is 1. The summed E-state index contributed by atoms with van der Waals surface area (Å²) in [6.07, 6.45) is 6.41. The molecule has 1 aliphatic rings. The third-order valence-corrected chi connectivity index (χ3v) is 4.29. The largest absolute Gasteiger partial charge is 0.398 e. The quantitative estimate of drug-likeness (QED) is 0.751. The molecule has 1 saturated carbocycles. The first kappa shape index (κ1) is 13.2. The van der Waals surface area contributed by atoms with Crippen molar-refractivity contribution in [3.05, 3.63) is 30.5 Å². The normalized spacial score (nSPS) is 22.9. The summed E-state index contributed by atoms with van der Waals surface area (Å²) in [5.41, 5.74) is 8.68. The summed E-state index contributed by atoms with van der Waals surface area (Å²) in [4.78, 5) is 4.45. The van der Waals surface area contributed by atoms with E-state index in [2.05, 4.69) is 10.3 Å². The van der Waals surface area contributed by atoms with Crippen molar-refractivity contribution in [2.75, 3.05) is 17.7 Å². The zero-order valence-electron chi connectivity index (χ0n) is 11.5. The van der Waals surface area contributed by atoms with Crippen LogP contribution in [0.3, 0.4) is 0 Å². The average Bonchev–Trinajstić information content (AvgIpc) is 2.51. The molecule has 0 aliphatic heterocycles. The van der Waals surface area contributed by atoms with E-state index in [4.69, 9.17) is 5.73 Å². The fourth-order valence-corrected chi connectivity index (χ4v) is 3.13. The lowest BCUT2D eigenvalue weighted by molar-refractivity contribution is 0.178. The first-order valence-electron chi connectivity index (χ1n) is 7.30. The van der Waals surface area contributed by atoms with E-state index in [1.165, 1.54) is 12.8 Å². The third-order valence-electron chi connectivity index (χ3n) is 4.29. The summed E-state index contributed by atoms with van der Waals surface area (Å²) in [6, 6.07) is 8.13. The Morgan fingerprint density at radius 2 is 2.10 bits per heavy atom. The zero-order valence-corrected chi connectivity index (χ0v) is 11.5. The highest BCUT2D eigenvalue weighted by Gasteiger charge is 2.24. The lowest BCUT2D eigenvalue weighted by Crippen LogP contribution is -2.34. The number of aliphatic hydroxyl groups is 1. The van der Waals surface area contributed by atoms with Gasteiger partial charge in [-0.2, -0.15) is 0 Å². The Balaban J connectivity index is 1.92. The fraction of sp³-hybridized carbons (Fsp3) is 0.438. The van der Waals surface area contributed by atoms with Crippen molar-refractivity contribution < 1.29 is 5.11 Å². The van der Waals surface area contributed by atoms with Crippen LogP contribution in [0.4, 0.5) is 11.4 Å². The van der Waals surface area contributed by atoms with Crippen LogP contribution in [0.1, 0.15) is 25.7 Å². The molecule has 2 aromatic rings. The maximum absolute atomic E-state index is 9.52. The van der Waals surface area contributed by atoms with Crippen molar-refractivity contribution in [1.29, 1.82) is 0 Å². The Morgan fingerprint density at radius 3 is 2.95 bits per heavy atom. The van der Waals surface area contributed by atoms with Gasteiger partial charge in [0, 0.05) is 35.8 Å². The van der Waals surface area contributed by atoms with Gasteiger partial charge in [-0.1, -0.05) is 12.8 Å². The van der Waals surface area contributed by atoms with Crippen molar-refractivity contribution in [3.63, 3.8) is 0 Å². The molecule has 1 heterocycles. The van der Waals surface area contributed by atoms with E-state index < -0.39 is 0 Å². The minimum atomic E-state index is 0.248. The van der Waals surface area contributed by atoms with E-state index in [-0.39, 0.29) is 6.61 Å². The van der Waals surface area contributed by atoms with E-state index >= 15 is 0 Å². The van der Waals surface area contributed by atoms with Crippen LogP contribution in [0.5, 0.6) is 0 Å². The smallest absolute Gasteiger partial charge is 0.0953 e. The van der Waals surface area contributed by atoms with E-state index in [0.29, 0.717) is 12.0 Å². The highest BCUT2D eigenvalue weighted by atomic mass is 16.3. The summed E-state index contributed by atoms with van der Waals surface area (Å²) in [5, 5.41) is 14.1. The topological polar surface area (TPSA) is 71.2 Å². The second-order valence-electron chi connectivity index (χ2n) is 5.58. The molecule has 106 valence electrons. The van der Waals surface area contributed by atoms with Crippen LogP contribution in [-0.4, -0.2) is 22.7 Å². The molecule has 0 bridgehead atoms. The molecule has 1 fully saturated rings. The first-order chi connectivity index (χ1) is 9.79. The van der Waals surface area contributed by atoms with Gasteiger partial charge in [0.2, 0.25) is 0 Å². The number of nitrogen functional groups attached to an aromatic ring is 1. The number of rotatable bonds is 3. The van der Waals surface area contributed by atoms with Gasteiger partial charge >= 0.3 is 0 Å². The summed E-state index contributed by atoms with van der Waals surface area (Å²) in [5.74, 6) is 0.333. The maximum atomic E-state index is 9.52. The molecule has 0 spiro atoms. The molecular formula is C16H21N3O. The van der Waals surface area contributed by atoms with Crippen LogP contribution in [-0.2, 0) is 0 Å². The van der Waals surface area contributed by atoms with Crippen molar-refractivity contribution in [1.82, 2.24) is 4.98 Å². The van der Waals surface area contributed by atoms with Gasteiger partial charge in [0.1, 0.15) is 0 Å². The van der Waals surface area contributed by atoms with Crippen molar-refractivity contribution in [2.24, 2.45) is 5.92 Å². The van der Waals surface area contributed by atoms with Gasteiger partial charge < -0.3 is 16.2 Å². The Bertz CT molecular complexity index is 599. The van der Waals surface area contributed by atoms with E-state index in [0.717, 1.165) is 35.1 Å². The molecule has 1 aliphatic carbocycles. The number of nitrogens with two attached hydrogens (primary N) is 1. The van der Waals surface area contributed by atoms with Crippen LogP contribution >= 0.6 is 0 Å². The lowest BCUT2D eigenvalue weighted by Gasteiger charge is -2.32. The van der Waals surface area contributed by atoms with Gasteiger partial charge in [-0.3, -0.25) is 4.98 Å². The molecule has 1 aromatic carbocycles. The van der Waals surface area contributed by atoms with Crippen LogP contribution in [0, 0.1) is 5.92 Å². The number of hydrogen-bond acceptors (Lipinski definition) is 4. The van der Waals surface area contributed by atoms with Crippen molar-refractivity contribution in [2.45, 2.75) is 31.7 Å². The highest BCUT2D eigenvalue weighted by molar-refractivity contribution is 5.98. The van der Waals surface area contributed by atoms with Crippen molar-refractivity contribution in [3.8, 4) is 0 Å². The Kier molecular flexibility index (Phi) is 3.74. The first-order valence-corrected chi connectivity index (χ1v) is 7.30. The highest BCUT2D eigenvalue weighted by Crippen LogP contribution is 2.31. The third kappa shape index (κ3) is 2.43. The minimum absolute atomic E-state index is 0.248. The second kappa shape index (κ2) is 5.67. The molecule has 4 heteroatoms. The van der Waals surface area contributed by atoms with Gasteiger partial charge in [-0.05, 0) is 37.1 Å². The zero-order chi connectivity index (χ0) is 13.9. The molecule has 4 nitrogen and oxygen atoms in total. The summed E-state index contributed by atoms with van der Waals surface area (Å²) in [7, 11) is 0. The van der Waals surface area contributed by atoms with E-state index in [1.54, 1.807) is 6.20 Å². The number of nitrogens with one attached hydrogen (secondary N) is 1. The average molecular weight is 271 g/mol. The Morgan fingerprint density at radius 1 is 1.25 bits per heavy atom. The van der Waals surface area contributed by atoms with E-state index in [1.807, 2.05) is 24.3 Å². The van der Waals surface area contributed by atoms with Gasteiger partial charge in [-0.15, -0.1) is 0 Å². The SMILES string of the molecule is Nc1ccc(NC2CCCCC2CO)c2ncccc12. The van der Waals surface area contributed by atoms with Crippen LogP contribution < -0.4 is 11.1 Å². The molecule has 1 aromatic heterocycles. The predicted molar refractivity (Wildman–Crippen MR) is 82.6 cm³/mol. The number of pyridine rings is 1. The molecule has 0 amide bonds. The van der Waals surface area contributed by atoms with Gasteiger partial charge in [0.05, 0.1) is 11.2 Å². The summed E-state index contributed by atoms with van der Waals surface area (Å²) < 4.78 is 0. The van der Waals surface area contributed by atoms with Gasteiger partial charge in [0.25, 0.3) is 0 Å².